The number of carbonyl (C=O) groups excluding carboxylic acids is 3. The molecule has 0 radical (unpaired) electrons. The standard InChI is InChI=1S/C25H25N3O3/c29-22(26-15-14-17-8-2-1-3-9-17)16-27-23-18-10-4-5-11-19(18)25(31)28(23)21-13-7-6-12-20(21)24(27)30/h4-8,10-13,23H,1-3,9,14-16H2,(H,26,29). The summed E-state index contributed by atoms with van der Waals surface area (Å²) >= 11 is 0. The molecule has 2 aromatic rings. The van der Waals surface area contributed by atoms with Crippen molar-refractivity contribution in [1.82, 2.24) is 10.2 Å². The van der Waals surface area contributed by atoms with Crippen molar-refractivity contribution in [1.29, 1.82) is 0 Å². The zero-order valence-electron chi connectivity index (χ0n) is 17.3. The first kappa shape index (κ1) is 19.5. The van der Waals surface area contributed by atoms with E-state index in [0.717, 1.165) is 24.8 Å². The highest BCUT2D eigenvalue weighted by molar-refractivity contribution is 6.17. The third-order valence-electron chi connectivity index (χ3n) is 6.35. The second-order valence-corrected chi connectivity index (χ2v) is 8.29. The normalized spacial score (nSPS) is 19.5. The van der Waals surface area contributed by atoms with Crippen LogP contribution in [0.3, 0.4) is 0 Å². The fourth-order valence-electron chi connectivity index (χ4n) is 4.84. The Hall–Kier alpha value is -3.41. The van der Waals surface area contributed by atoms with Crippen molar-refractivity contribution in [3.63, 3.8) is 0 Å². The lowest BCUT2D eigenvalue weighted by atomic mass is 9.97. The Balaban J connectivity index is 1.39. The van der Waals surface area contributed by atoms with Crippen molar-refractivity contribution < 1.29 is 14.4 Å². The second-order valence-electron chi connectivity index (χ2n) is 8.29. The monoisotopic (exact) mass is 415 g/mol. The van der Waals surface area contributed by atoms with Gasteiger partial charge < -0.3 is 10.2 Å². The van der Waals surface area contributed by atoms with Crippen molar-refractivity contribution in [2.45, 2.75) is 38.3 Å². The fraction of sp³-hybridized carbons (Fsp3) is 0.320. The Morgan fingerprint density at radius 1 is 0.968 bits per heavy atom. The van der Waals surface area contributed by atoms with Crippen molar-refractivity contribution in [3.05, 3.63) is 76.9 Å². The van der Waals surface area contributed by atoms with Crippen LogP contribution in [0, 0.1) is 0 Å². The summed E-state index contributed by atoms with van der Waals surface area (Å²) in [4.78, 5) is 42.4. The zero-order chi connectivity index (χ0) is 21.4. The minimum atomic E-state index is -0.599. The Morgan fingerprint density at radius 2 is 1.74 bits per heavy atom. The Labute approximate surface area is 181 Å². The number of benzene rings is 2. The van der Waals surface area contributed by atoms with Crippen LogP contribution in [0.2, 0.25) is 0 Å². The average molecular weight is 415 g/mol. The molecule has 0 fully saturated rings. The van der Waals surface area contributed by atoms with Gasteiger partial charge in [-0.15, -0.1) is 0 Å². The predicted octanol–water partition coefficient (Wildman–Crippen LogP) is 3.81. The number of hydrogen-bond donors (Lipinski definition) is 1. The van der Waals surface area contributed by atoms with Crippen molar-refractivity contribution in [2.75, 3.05) is 18.0 Å². The van der Waals surface area contributed by atoms with Gasteiger partial charge in [0, 0.05) is 17.7 Å². The molecule has 0 saturated heterocycles. The van der Waals surface area contributed by atoms with E-state index in [9.17, 15) is 14.4 Å². The minimum absolute atomic E-state index is 0.0883. The third kappa shape index (κ3) is 3.42. The molecule has 0 aromatic heterocycles. The number of fused-ring (bicyclic) bond motifs is 5. The Kier molecular flexibility index (Phi) is 5.06. The molecule has 3 amide bonds. The van der Waals surface area contributed by atoms with Crippen molar-refractivity contribution in [3.8, 4) is 0 Å². The number of para-hydroxylation sites is 1. The quantitative estimate of drug-likeness (QED) is 0.755. The van der Waals surface area contributed by atoms with Gasteiger partial charge in [0.05, 0.1) is 11.3 Å². The molecular weight excluding hydrogens is 390 g/mol. The number of allylic oxidation sites excluding steroid dienone is 1. The highest BCUT2D eigenvalue weighted by Crippen LogP contribution is 2.44. The number of hydrogen-bond acceptors (Lipinski definition) is 3. The van der Waals surface area contributed by atoms with Gasteiger partial charge in [-0.05, 0) is 50.3 Å². The molecule has 1 N–H and O–H groups in total. The summed E-state index contributed by atoms with van der Waals surface area (Å²) in [7, 11) is 0. The van der Waals surface area contributed by atoms with Crippen LogP contribution in [0.4, 0.5) is 5.69 Å². The molecule has 158 valence electrons. The molecule has 3 aliphatic rings. The molecule has 1 unspecified atom stereocenters. The van der Waals surface area contributed by atoms with Gasteiger partial charge in [0.15, 0.2) is 0 Å². The van der Waals surface area contributed by atoms with Gasteiger partial charge in [0.1, 0.15) is 12.7 Å². The molecular formula is C25H25N3O3. The van der Waals surface area contributed by atoms with E-state index in [1.807, 2.05) is 24.3 Å². The maximum atomic E-state index is 13.3. The molecule has 2 heterocycles. The molecule has 31 heavy (non-hydrogen) atoms. The first-order valence-corrected chi connectivity index (χ1v) is 10.9. The Morgan fingerprint density at radius 3 is 2.55 bits per heavy atom. The highest BCUT2D eigenvalue weighted by atomic mass is 16.2. The van der Waals surface area contributed by atoms with E-state index >= 15 is 0 Å². The fourth-order valence-corrected chi connectivity index (χ4v) is 4.84. The van der Waals surface area contributed by atoms with Gasteiger partial charge in [-0.3, -0.25) is 19.3 Å². The second kappa shape index (κ2) is 8.02. The van der Waals surface area contributed by atoms with Crippen molar-refractivity contribution in [2.24, 2.45) is 0 Å². The summed E-state index contributed by atoms with van der Waals surface area (Å²) in [5.41, 5.74) is 3.78. The van der Waals surface area contributed by atoms with Gasteiger partial charge in [-0.2, -0.15) is 0 Å². The number of amides is 3. The SMILES string of the molecule is O=C(CN1C(=O)c2ccccc2N2C(=O)c3ccccc3C12)NCCC1=CCCCC1. The Bertz CT molecular complexity index is 1090. The number of nitrogens with zero attached hydrogens (tertiary/aromatic N) is 2. The zero-order valence-corrected chi connectivity index (χ0v) is 17.3. The number of nitrogens with one attached hydrogen (secondary N) is 1. The summed E-state index contributed by atoms with van der Waals surface area (Å²) in [5, 5.41) is 2.96. The first-order valence-electron chi connectivity index (χ1n) is 10.9. The molecule has 0 saturated carbocycles. The molecule has 1 aliphatic carbocycles. The largest absolute Gasteiger partial charge is 0.354 e. The molecule has 6 nitrogen and oxygen atoms in total. The maximum Gasteiger partial charge on any atom is 0.260 e. The summed E-state index contributed by atoms with van der Waals surface area (Å²) in [6.45, 7) is 0.474. The lowest BCUT2D eigenvalue weighted by molar-refractivity contribution is -0.122. The van der Waals surface area contributed by atoms with Crippen LogP contribution in [-0.4, -0.2) is 35.7 Å². The number of rotatable bonds is 5. The van der Waals surface area contributed by atoms with E-state index < -0.39 is 6.17 Å². The average Bonchev–Trinajstić information content (AvgIpc) is 3.10. The predicted molar refractivity (Wildman–Crippen MR) is 118 cm³/mol. The van der Waals surface area contributed by atoms with E-state index in [1.54, 1.807) is 29.2 Å². The van der Waals surface area contributed by atoms with E-state index in [1.165, 1.54) is 23.3 Å². The molecule has 2 aliphatic heterocycles. The van der Waals surface area contributed by atoms with Crippen LogP contribution in [0.25, 0.3) is 0 Å². The van der Waals surface area contributed by atoms with Crippen LogP contribution in [0.1, 0.15) is 64.5 Å². The van der Waals surface area contributed by atoms with Crippen LogP contribution in [0.5, 0.6) is 0 Å². The summed E-state index contributed by atoms with van der Waals surface area (Å²) < 4.78 is 0. The molecule has 0 bridgehead atoms. The molecule has 5 rings (SSSR count). The van der Waals surface area contributed by atoms with Crippen LogP contribution < -0.4 is 10.2 Å². The van der Waals surface area contributed by atoms with Gasteiger partial charge >= 0.3 is 0 Å². The first-order chi connectivity index (χ1) is 15.1. The maximum absolute atomic E-state index is 13.3. The topological polar surface area (TPSA) is 69.7 Å². The summed E-state index contributed by atoms with van der Waals surface area (Å²) in [5.74, 6) is -0.581. The highest BCUT2D eigenvalue weighted by Gasteiger charge is 2.47. The van der Waals surface area contributed by atoms with Crippen molar-refractivity contribution >= 4 is 23.4 Å². The lowest BCUT2D eigenvalue weighted by Crippen LogP contribution is -2.51. The van der Waals surface area contributed by atoms with Gasteiger partial charge in [-0.1, -0.05) is 42.0 Å². The minimum Gasteiger partial charge on any atom is -0.354 e. The number of carbonyl (C=O) groups is 3. The lowest BCUT2D eigenvalue weighted by Gasteiger charge is -2.40. The molecule has 2 aromatic carbocycles. The summed E-state index contributed by atoms with van der Waals surface area (Å²) in [6.07, 6.45) is 7.21. The molecule has 6 heteroatoms. The van der Waals surface area contributed by atoms with Crippen LogP contribution in [0.15, 0.2) is 60.2 Å². The van der Waals surface area contributed by atoms with Gasteiger partial charge in [-0.25, -0.2) is 0 Å². The smallest absolute Gasteiger partial charge is 0.260 e. The van der Waals surface area contributed by atoms with Gasteiger partial charge in [0.2, 0.25) is 5.91 Å². The molecule has 0 spiro atoms. The van der Waals surface area contributed by atoms with E-state index in [0.29, 0.717) is 23.4 Å². The van der Waals surface area contributed by atoms with Crippen LogP contribution in [-0.2, 0) is 4.79 Å². The summed E-state index contributed by atoms with van der Waals surface area (Å²) in [6, 6.07) is 14.4. The van der Waals surface area contributed by atoms with E-state index in [2.05, 4.69) is 11.4 Å². The van der Waals surface area contributed by atoms with E-state index in [-0.39, 0.29) is 24.3 Å². The van der Waals surface area contributed by atoms with Gasteiger partial charge in [0.25, 0.3) is 11.8 Å². The molecule has 1 atom stereocenters. The third-order valence-corrected chi connectivity index (χ3v) is 6.35. The number of anilines is 1. The van der Waals surface area contributed by atoms with E-state index in [4.69, 9.17) is 0 Å². The van der Waals surface area contributed by atoms with Crippen LogP contribution >= 0.6 is 0 Å².